The molecule has 1 heterocycles. The Balaban J connectivity index is 1.90. The predicted octanol–water partition coefficient (Wildman–Crippen LogP) is 4.09. The number of sulfonamides is 2. The first-order chi connectivity index (χ1) is 15.5. The smallest absolute Gasteiger partial charge is 0.247 e. The first kappa shape index (κ1) is 26.4. The number of hydrogen-bond acceptors (Lipinski definition) is 6. The second-order valence-corrected chi connectivity index (χ2v) is 13.0. The van der Waals surface area contributed by atoms with Crippen LogP contribution in [0.3, 0.4) is 0 Å². The van der Waals surface area contributed by atoms with E-state index < -0.39 is 26.1 Å². The van der Waals surface area contributed by atoms with E-state index in [1.54, 1.807) is 45.0 Å². The SMILES string of the molecule is CCOc1ccc(Br)cc1S(=O)(=O)N1CCN(S(=O)(=O)c2cc(Br)ccc2OCC)[C@H](C)C1. The van der Waals surface area contributed by atoms with E-state index in [9.17, 15) is 16.8 Å². The van der Waals surface area contributed by atoms with Gasteiger partial charge in [-0.1, -0.05) is 31.9 Å². The van der Waals surface area contributed by atoms with Gasteiger partial charge in [0.2, 0.25) is 20.0 Å². The molecule has 1 saturated heterocycles. The average Bonchev–Trinajstić information content (AvgIpc) is 2.76. The van der Waals surface area contributed by atoms with Gasteiger partial charge in [-0.15, -0.1) is 0 Å². The van der Waals surface area contributed by atoms with Crippen LogP contribution in [0.25, 0.3) is 0 Å². The molecule has 0 aromatic heterocycles. The van der Waals surface area contributed by atoms with Crippen LogP contribution in [-0.2, 0) is 20.0 Å². The highest BCUT2D eigenvalue weighted by Crippen LogP contribution is 2.34. The van der Waals surface area contributed by atoms with Crippen LogP contribution < -0.4 is 9.47 Å². The summed E-state index contributed by atoms with van der Waals surface area (Å²) >= 11 is 6.64. The van der Waals surface area contributed by atoms with Gasteiger partial charge in [0.15, 0.2) is 0 Å². The summed E-state index contributed by atoms with van der Waals surface area (Å²) in [5, 5.41) is 0. The molecule has 1 atom stereocenters. The molecule has 1 aliphatic heterocycles. The van der Waals surface area contributed by atoms with Gasteiger partial charge in [0.1, 0.15) is 21.3 Å². The third-order valence-corrected chi connectivity index (χ3v) is 10.1. The van der Waals surface area contributed by atoms with Crippen LogP contribution in [0.15, 0.2) is 55.1 Å². The highest BCUT2D eigenvalue weighted by Gasteiger charge is 2.40. The first-order valence-corrected chi connectivity index (χ1v) is 14.9. The number of nitrogens with zero attached hydrogens (tertiary/aromatic N) is 2. The van der Waals surface area contributed by atoms with Crippen molar-refractivity contribution < 1.29 is 26.3 Å². The Hall–Kier alpha value is -1.18. The highest BCUT2D eigenvalue weighted by atomic mass is 79.9. The summed E-state index contributed by atoms with van der Waals surface area (Å²) in [7, 11) is -7.82. The number of benzene rings is 2. The summed E-state index contributed by atoms with van der Waals surface area (Å²) in [4.78, 5) is 0.0976. The Bertz CT molecular complexity index is 1220. The fourth-order valence-corrected chi connectivity index (χ4v) is 8.13. The number of halogens is 2. The van der Waals surface area contributed by atoms with Crippen LogP contribution in [-0.4, -0.2) is 64.3 Å². The van der Waals surface area contributed by atoms with Crippen molar-refractivity contribution >= 4 is 51.9 Å². The monoisotopic (exact) mass is 624 g/mol. The summed E-state index contributed by atoms with van der Waals surface area (Å²) in [5.74, 6) is 0.525. The Morgan fingerprint density at radius 1 is 0.848 bits per heavy atom. The second-order valence-electron chi connectivity index (χ2n) is 7.38. The molecule has 0 bridgehead atoms. The standard InChI is InChI=1S/C21H26Br2N2O6S2/c1-4-30-18-8-6-16(22)12-20(18)32(26,27)24-10-11-25(15(3)14-24)33(28,29)21-13-17(23)7-9-19(21)31-5-2/h6-9,12-13,15H,4-5,10-11,14H2,1-3H3/t15-/m1/s1. The van der Waals surface area contributed by atoms with Gasteiger partial charge >= 0.3 is 0 Å². The number of rotatable bonds is 8. The molecule has 0 radical (unpaired) electrons. The fraction of sp³-hybridized carbons (Fsp3) is 0.429. The van der Waals surface area contributed by atoms with Crippen molar-refractivity contribution in [2.75, 3.05) is 32.8 Å². The minimum absolute atomic E-state index is 0.0115. The quantitative estimate of drug-likeness (QED) is 0.439. The van der Waals surface area contributed by atoms with E-state index in [0.717, 1.165) is 0 Å². The minimum atomic E-state index is -3.92. The fourth-order valence-electron chi connectivity index (χ4n) is 3.66. The van der Waals surface area contributed by atoms with Crippen LogP contribution in [0, 0.1) is 0 Å². The molecule has 8 nitrogen and oxygen atoms in total. The minimum Gasteiger partial charge on any atom is -0.492 e. The van der Waals surface area contributed by atoms with Gasteiger partial charge < -0.3 is 9.47 Å². The Morgan fingerprint density at radius 2 is 1.33 bits per heavy atom. The third kappa shape index (κ3) is 5.57. The first-order valence-electron chi connectivity index (χ1n) is 10.4. The lowest BCUT2D eigenvalue weighted by molar-refractivity contribution is 0.211. The molecule has 182 valence electrons. The summed E-state index contributed by atoms with van der Waals surface area (Å²) in [6, 6.07) is 9.06. The molecule has 0 unspecified atom stereocenters. The lowest BCUT2D eigenvalue weighted by Crippen LogP contribution is -2.55. The number of piperazine rings is 1. The molecule has 2 aromatic rings. The van der Waals surface area contributed by atoms with Gasteiger partial charge in [-0.25, -0.2) is 16.8 Å². The molecule has 0 aliphatic carbocycles. The van der Waals surface area contributed by atoms with Gasteiger partial charge in [-0.3, -0.25) is 0 Å². The number of ether oxygens (including phenoxy) is 2. The zero-order valence-corrected chi connectivity index (χ0v) is 23.3. The van der Waals surface area contributed by atoms with Crippen LogP contribution in [0.5, 0.6) is 11.5 Å². The number of hydrogen-bond donors (Lipinski definition) is 0. The van der Waals surface area contributed by atoms with Crippen LogP contribution >= 0.6 is 31.9 Å². The largest absolute Gasteiger partial charge is 0.492 e. The van der Waals surface area contributed by atoms with E-state index in [-0.39, 0.29) is 40.9 Å². The van der Waals surface area contributed by atoms with Gasteiger partial charge in [0.05, 0.1) is 13.2 Å². The van der Waals surface area contributed by atoms with Crippen molar-refractivity contribution in [3.63, 3.8) is 0 Å². The predicted molar refractivity (Wildman–Crippen MR) is 133 cm³/mol. The van der Waals surface area contributed by atoms with Crippen molar-refractivity contribution in [2.24, 2.45) is 0 Å². The van der Waals surface area contributed by atoms with Crippen molar-refractivity contribution in [3.8, 4) is 11.5 Å². The molecule has 0 amide bonds. The van der Waals surface area contributed by atoms with Crippen molar-refractivity contribution in [3.05, 3.63) is 45.3 Å². The topological polar surface area (TPSA) is 93.2 Å². The van der Waals surface area contributed by atoms with E-state index in [1.807, 2.05) is 0 Å². The molecule has 0 N–H and O–H groups in total. The zero-order valence-electron chi connectivity index (χ0n) is 18.5. The average molecular weight is 626 g/mol. The van der Waals surface area contributed by atoms with E-state index in [4.69, 9.17) is 9.47 Å². The Labute approximate surface area is 212 Å². The maximum atomic E-state index is 13.5. The molecule has 3 rings (SSSR count). The van der Waals surface area contributed by atoms with E-state index >= 15 is 0 Å². The van der Waals surface area contributed by atoms with Crippen LogP contribution in [0.1, 0.15) is 20.8 Å². The highest BCUT2D eigenvalue weighted by molar-refractivity contribution is 9.10. The van der Waals surface area contributed by atoms with Gasteiger partial charge in [0, 0.05) is 34.6 Å². The molecule has 12 heteroatoms. The summed E-state index contributed by atoms with van der Waals surface area (Å²) in [6.07, 6.45) is 0. The van der Waals surface area contributed by atoms with Crippen molar-refractivity contribution in [1.29, 1.82) is 0 Å². The zero-order chi connectivity index (χ0) is 24.4. The van der Waals surface area contributed by atoms with Crippen LogP contribution in [0.2, 0.25) is 0 Å². The summed E-state index contributed by atoms with van der Waals surface area (Å²) in [6.45, 7) is 5.94. The molecule has 33 heavy (non-hydrogen) atoms. The van der Waals surface area contributed by atoms with Crippen molar-refractivity contribution in [1.82, 2.24) is 8.61 Å². The van der Waals surface area contributed by atoms with E-state index in [1.165, 1.54) is 20.7 Å². The van der Waals surface area contributed by atoms with E-state index in [0.29, 0.717) is 22.2 Å². The summed E-state index contributed by atoms with van der Waals surface area (Å²) in [5.41, 5.74) is 0. The molecular formula is C21H26Br2N2O6S2. The molecule has 1 fully saturated rings. The van der Waals surface area contributed by atoms with Crippen LogP contribution in [0.4, 0.5) is 0 Å². The molecule has 0 saturated carbocycles. The maximum Gasteiger partial charge on any atom is 0.247 e. The lowest BCUT2D eigenvalue weighted by atomic mass is 10.3. The maximum absolute atomic E-state index is 13.5. The Kier molecular flexibility index (Phi) is 8.50. The normalized spacial score (nSPS) is 18.3. The van der Waals surface area contributed by atoms with Gasteiger partial charge in [-0.2, -0.15) is 8.61 Å². The molecular weight excluding hydrogens is 600 g/mol. The third-order valence-electron chi connectivity index (χ3n) is 5.14. The molecule has 1 aliphatic rings. The lowest BCUT2D eigenvalue weighted by Gasteiger charge is -2.38. The van der Waals surface area contributed by atoms with Crippen molar-refractivity contribution in [2.45, 2.75) is 36.6 Å². The van der Waals surface area contributed by atoms with E-state index in [2.05, 4.69) is 31.9 Å². The molecule has 2 aromatic carbocycles. The Morgan fingerprint density at radius 3 is 1.79 bits per heavy atom. The van der Waals surface area contributed by atoms with Gasteiger partial charge in [0.25, 0.3) is 0 Å². The second kappa shape index (κ2) is 10.6. The van der Waals surface area contributed by atoms with Gasteiger partial charge in [-0.05, 0) is 57.2 Å². The molecule has 0 spiro atoms. The summed E-state index contributed by atoms with van der Waals surface area (Å²) < 4.78 is 68.7.